The number of phenols is 1. The van der Waals surface area contributed by atoms with E-state index in [1.165, 1.54) is 0 Å². The van der Waals surface area contributed by atoms with Crippen LogP contribution in [0.2, 0.25) is 0 Å². The quantitative estimate of drug-likeness (QED) is 0.193. The van der Waals surface area contributed by atoms with Crippen LogP contribution < -0.4 is 14.2 Å². The van der Waals surface area contributed by atoms with Crippen molar-refractivity contribution < 1.29 is 29.2 Å². The summed E-state index contributed by atoms with van der Waals surface area (Å²) in [7, 11) is 0. The second-order valence-corrected chi connectivity index (χ2v) is 8.62. The summed E-state index contributed by atoms with van der Waals surface area (Å²) in [5.74, 6) is -0.780. The molecule has 2 N–H and O–H groups in total. The van der Waals surface area contributed by atoms with Crippen LogP contribution >= 0.6 is 0 Å². The normalized spacial score (nSPS) is 10.9. The van der Waals surface area contributed by atoms with Gasteiger partial charge in [-0.3, -0.25) is 0 Å². The Labute approximate surface area is 200 Å². The highest BCUT2D eigenvalue weighted by molar-refractivity contribution is 5.97. The molecule has 0 spiro atoms. The molecular formula is C27H46O6. The third kappa shape index (κ3) is 9.73. The molecule has 6 heteroatoms. The number of carboxylic acids is 1. The van der Waals surface area contributed by atoms with Gasteiger partial charge in [0.1, 0.15) is 0 Å². The summed E-state index contributed by atoms with van der Waals surface area (Å²) in [5, 5.41) is 21.0. The lowest BCUT2D eigenvalue weighted by Gasteiger charge is -2.23. The minimum absolute atomic E-state index is 0.139. The molecule has 0 saturated heterocycles. The molecule has 6 nitrogen and oxygen atoms in total. The fraction of sp³-hybridized carbons (Fsp3) is 0.741. The average molecular weight is 467 g/mol. The zero-order chi connectivity index (χ0) is 24.5. The summed E-state index contributed by atoms with van der Waals surface area (Å²) in [6.07, 6.45) is 12.3. The maximum absolute atomic E-state index is 12.2. The summed E-state index contributed by atoms with van der Waals surface area (Å²) in [5.41, 5.74) is 0.464. The first kappa shape index (κ1) is 28.9. The molecule has 0 aliphatic heterocycles. The van der Waals surface area contributed by atoms with E-state index in [4.69, 9.17) is 14.2 Å². The van der Waals surface area contributed by atoms with E-state index in [2.05, 4.69) is 27.7 Å². The van der Waals surface area contributed by atoms with Crippen LogP contribution in [0.5, 0.6) is 23.0 Å². The van der Waals surface area contributed by atoms with Crippen LogP contribution in [0.4, 0.5) is 0 Å². The van der Waals surface area contributed by atoms with Gasteiger partial charge >= 0.3 is 5.97 Å². The Balaban J connectivity index is 3.49. The molecule has 1 rings (SSSR count). The van der Waals surface area contributed by atoms with E-state index in [1.807, 2.05) is 0 Å². The molecule has 0 bridgehead atoms. The first-order valence-electron chi connectivity index (χ1n) is 13.1. The minimum Gasteiger partial charge on any atom is -0.504 e. The van der Waals surface area contributed by atoms with E-state index in [1.54, 1.807) is 0 Å². The summed E-state index contributed by atoms with van der Waals surface area (Å²) >= 11 is 0. The van der Waals surface area contributed by atoms with E-state index in [-0.39, 0.29) is 22.8 Å². The first-order valence-corrected chi connectivity index (χ1v) is 13.1. The number of hydrogen-bond acceptors (Lipinski definition) is 5. The lowest BCUT2D eigenvalue weighted by molar-refractivity contribution is 0.0686. The van der Waals surface area contributed by atoms with E-state index in [9.17, 15) is 15.0 Å². The summed E-state index contributed by atoms with van der Waals surface area (Å²) < 4.78 is 18.2. The van der Waals surface area contributed by atoms with Gasteiger partial charge in [0.2, 0.25) is 0 Å². The van der Waals surface area contributed by atoms with Crippen molar-refractivity contribution in [2.45, 2.75) is 111 Å². The van der Waals surface area contributed by atoms with Gasteiger partial charge < -0.3 is 24.4 Å². The monoisotopic (exact) mass is 466 g/mol. The molecule has 0 aliphatic rings. The van der Waals surface area contributed by atoms with Crippen LogP contribution in [-0.4, -0.2) is 36.0 Å². The van der Waals surface area contributed by atoms with Gasteiger partial charge in [-0.25, -0.2) is 4.79 Å². The van der Waals surface area contributed by atoms with Gasteiger partial charge in [-0.15, -0.1) is 0 Å². The maximum atomic E-state index is 12.2. The lowest BCUT2D eigenvalue weighted by Crippen LogP contribution is -2.13. The van der Waals surface area contributed by atoms with Crippen LogP contribution in [0.15, 0.2) is 0 Å². The topological polar surface area (TPSA) is 85.2 Å². The van der Waals surface area contributed by atoms with Crippen LogP contribution in [-0.2, 0) is 6.42 Å². The fourth-order valence-corrected chi connectivity index (χ4v) is 3.72. The van der Waals surface area contributed by atoms with Crippen LogP contribution in [0.1, 0.15) is 121 Å². The van der Waals surface area contributed by atoms with E-state index < -0.39 is 5.97 Å². The molecule has 0 saturated carbocycles. The summed E-state index contributed by atoms with van der Waals surface area (Å²) in [6, 6.07) is 0. The first-order chi connectivity index (χ1) is 16.0. The van der Waals surface area contributed by atoms with Crippen molar-refractivity contribution in [2.75, 3.05) is 19.8 Å². The fourth-order valence-electron chi connectivity index (χ4n) is 3.72. The van der Waals surface area contributed by atoms with Crippen LogP contribution in [0, 0.1) is 0 Å². The maximum Gasteiger partial charge on any atom is 0.343 e. The standard InChI is InChI=1S/C27H46O6/c1-5-9-13-17-21-24(31-18-14-10-6-2)23(28)22(27(29)30)26(33-20-16-12-8-4)25(21)32-19-15-11-7-3/h28H,5-20H2,1-4H3,(H,29,30). The Morgan fingerprint density at radius 2 is 1.06 bits per heavy atom. The van der Waals surface area contributed by atoms with Gasteiger partial charge in [0.05, 0.1) is 19.8 Å². The van der Waals surface area contributed by atoms with Gasteiger partial charge in [0.25, 0.3) is 0 Å². The minimum atomic E-state index is -1.24. The number of rotatable bonds is 20. The molecule has 0 heterocycles. The predicted molar refractivity (Wildman–Crippen MR) is 133 cm³/mol. The molecule has 0 atom stereocenters. The van der Waals surface area contributed by atoms with E-state index in [0.717, 1.165) is 82.6 Å². The van der Waals surface area contributed by atoms with Gasteiger partial charge in [0, 0.05) is 5.56 Å². The number of aromatic hydroxyl groups is 1. The Kier molecular flexibility index (Phi) is 15.2. The average Bonchev–Trinajstić information content (AvgIpc) is 2.79. The molecular weight excluding hydrogens is 420 g/mol. The van der Waals surface area contributed by atoms with Crippen molar-refractivity contribution in [3.63, 3.8) is 0 Å². The zero-order valence-electron chi connectivity index (χ0n) is 21.3. The number of ether oxygens (including phenoxy) is 3. The van der Waals surface area contributed by atoms with Crippen molar-refractivity contribution in [1.29, 1.82) is 0 Å². The molecule has 0 aromatic heterocycles. The number of carboxylic acid groups (broad SMARTS) is 1. The highest BCUT2D eigenvalue weighted by atomic mass is 16.5. The summed E-state index contributed by atoms with van der Waals surface area (Å²) in [4.78, 5) is 12.2. The SMILES string of the molecule is CCCCCOc1c(O)c(C(=O)O)c(OCCCCC)c(OCCCCC)c1CCCCC. The number of benzene rings is 1. The molecule has 190 valence electrons. The second-order valence-electron chi connectivity index (χ2n) is 8.62. The molecule has 0 aliphatic carbocycles. The van der Waals surface area contributed by atoms with Crippen molar-refractivity contribution in [3.8, 4) is 23.0 Å². The Morgan fingerprint density at radius 1 is 0.636 bits per heavy atom. The number of hydrogen-bond donors (Lipinski definition) is 2. The third-order valence-electron chi connectivity index (χ3n) is 5.66. The van der Waals surface area contributed by atoms with Gasteiger partial charge in [-0.05, 0) is 32.1 Å². The van der Waals surface area contributed by atoms with E-state index >= 15 is 0 Å². The molecule has 1 aromatic carbocycles. The Bertz CT molecular complexity index is 686. The van der Waals surface area contributed by atoms with Crippen molar-refractivity contribution in [2.24, 2.45) is 0 Å². The van der Waals surface area contributed by atoms with Gasteiger partial charge in [-0.1, -0.05) is 79.1 Å². The second kappa shape index (κ2) is 17.4. The van der Waals surface area contributed by atoms with Crippen molar-refractivity contribution in [3.05, 3.63) is 11.1 Å². The molecule has 0 radical (unpaired) electrons. The van der Waals surface area contributed by atoms with Crippen LogP contribution in [0.3, 0.4) is 0 Å². The smallest absolute Gasteiger partial charge is 0.343 e. The van der Waals surface area contributed by atoms with Crippen molar-refractivity contribution in [1.82, 2.24) is 0 Å². The molecule has 33 heavy (non-hydrogen) atoms. The number of carbonyl (C=O) groups is 1. The Morgan fingerprint density at radius 3 is 1.52 bits per heavy atom. The predicted octanol–water partition coefficient (Wildman–Crippen LogP) is 7.53. The highest BCUT2D eigenvalue weighted by Gasteiger charge is 2.31. The largest absolute Gasteiger partial charge is 0.504 e. The zero-order valence-corrected chi connectivity index (χ0v) is 21.3. The lowest BCUT2D eigenvalue weighted by atomic mass is 9.99. The molecule has 0 fully saturated rings. The summed E-state index contributed by atoms with van der Waals surface area (Å²) in [6.45, 7) is 9.76. The highest BCUT2D eigenvalue weighted by Crippen LogP contribution is 2.49. The molecule has 0 amide bonds. The van der Waals surface area contributed by atoms with Crippen molar-refractivity contribution >= 4 is 5.97 Å². The van der Waals surface area contributed by atoms with Gasteiger partial charge in [0.15, 0.2) is 28.6 Å². The van der Waals surface area contributed by atoms with E-state index in [0.29, 0.717) is 32.0 Å². The molecule has 1 aromatic rings. The third-order valence-corrected chi connectivity index (χ3v) is 5.66. The molecule has 0 unspecified atom stereocenters. The number of unbranched alkanes of at least 4 members (excludes halogenated alkanes) is 8. The van der Waals surface area contributed by atoms with Crippen LogP contribution in [0.25, 0.3) is 0 Å². The Hall–Kier alpha value is -2.11. The number of aromatic carboxylic acids is 1. The van der Waals surface area contributed by atoms with Gasteiger partial charge in [-0.2, -0.15) is 0 Å².